The van der Waals surface area contributed by atoms with Gasteiger partial charge in [0.15, 0.2) is 12.8 Å². The Morgan fingerprint density at radius 2 is 1.88 bits per heavy atom. The van der Waals surface area contributed by atoms with Crippen LogP contribution >= 0.6 is 0 Å². The molecule has 3 heteroatoms. The number of aliphatic hydroxyl groups is 1. The molecule has 0 aliphatic carbocycles. The molecule has 16 heavy (non-hydrogen) atoms. The van der Waals surface area contributed by atoms with Gasteiger partial charge in [-0.1, -0.05) is 24.3 Å². The van der Waals surface area contributed by atoms with Crippen LogP contribution in [0.25, 0.3) is 5.57 Å². The second-order valence-electron chi connectivity index (χ2n) is 4.55. The summed E-state index contributed by atoms with van der Waals surface area (Å²) in [5.74, 6) is 0. The van der Waals surface area contributed by atoms with Crippen molar-refractivity contribution < 1.29 is 9.85 Å². The van der Waals surface area contributed by atoms with Crippen LogP contribution in [0.4, 0.5) is 0 Å². The van der Waals surface area contributed by atoms with Gasteiger partial charge in [0.1, 0.15) is 0 Å². The molecule has 0 bridgehead atoms. The Labute approximate surface area is 94.9 Å². The van der Waals surface area contributed by atoms with Gasteiger partial charge in [-0.05, 0) is 25.0 Å². The Hall–Kier alpha value is -1.61. The van der Waals surface area contributed by atoms with E-state index in [9.17, 15) is 10.3 Å². The first kappa shape index (κ1) is 10.9. The smallest absolute Gasteiger partial charge is 0.179 e. The summed E-state index contributed by atoms with van der Waals surface area (Å²) in [6.07, 6.45) is 3.35. The molecular weight excluding hydrogens is 202 g/mol. The van der Waals surface area contributed by atoms with Gasteiger partial charge in [0, 0.05) is 11.6 Å². The molecule has 1 aliphatic rings. The summed E-state index contributed by atoms with van der Waals surface area (Å²) in [6.45, 7) is 3.91. The third-order valence-electron chi connectivity index (χ3n) is 2.73. The van der Waals surface area contributed by atoms with Crippen LogP contribution in [0.3, 0.4) is 0 Å². The van der Waals surface area contributed by atoms with Crippen molar-refractivity contribution in [3.05, 3.63) is 46.7 Å². The summed E-state index contributed by atoms with van der Waals surface area (Å²) in [5, 5.41) is 20.8. The highest BCUT2D eigenvalue weighted by Crippen LogP contribution is 2.23. The average Bonchev–Trinajstić information content (AvgIpc) is 2.64. The first-order chi connectivity index (χ1) is 7.47. The number of hydroxylamine groups is 1. The van der Waals surface area contributed by atoms with Gasteiger partial charge >= 0.3 is 0 Å². The van der Waals surface area contributed by atoms with Crippen molar-refractivity contribution in [1.29, 1.82) is 0 Å². The Balaban J connectivity index is 2.21. The predicted octanol–water partition coefficient (Wildman–Crippen LogP) is 1.89. The van der Waals surface area contributed by atoms with E-state index in [1.165, 1.54) is 6.21 Å². The van der Waals surface area contributed by atoms with Crippen molar-refractivity contribution in [3.8, 4) is 0 Å². The highest BCUT2D eigenvalue weighted by atomic mass is 16.5. The van der Waals surface area contributed by atoms with Crippen LogP contribution in [0.15, 0.2) is 30.3 Å². The van der Waals surface area contributed by atoms with Crippen molar-refractivity contribution in [3.63, 3.8) is 0 Å². The zero-order valence-corrected chi connectivity index (χ0v) is 9.47. The van der Waals surface area contributed by atoms with E-state index in [2.05, 4.69) is 0 Å². The third-order valence-corrected chi connectivity index (χ3v) is 2.73. The van der Waals surface area contributed by atoms with Gasteiger partial charge in [-0.15, -0.1) is 0 Å². The van der Waals surface area contributed by atoms with Crippen LogP contribution < -0.4 is 0 Å². The van der Waals surface area contributed by atoms with Crippen LogP contribution in [-0.2, 0) is 5.60 Å². The lowest BCUT2D eigenvalue weighted by Gasteiger charge is -2.17. The van der Waals surface area contributed by atoms with Crippen molar-refractivity contribution in [2.24, 2.45) is 0 Å². The number of nitrogens with zero attached hydrogens (tertiary/aromatic N) is 1. The minimum Gasteiger partial charge on any atom is -0.624 e. The number of hydrogen-bond acceptors (Lipinski definition) is 2. The van der Waals surface area contributed by atoms with Gasteiger partial charge in [-0.25, -0.2) is 4.74 Å². The first-order valence-electron chi connectivity index (χ1n) is 5.28. The molecule has 1 aromatic rings. The lowest BCUT2D eigenvalue weighted by atomic mass is 9.96. The molecule has 1 aromatic carbocycles. The number of allylic oxidation sites excluding steroid dienone is 1. The molecule has 1 N–H and O–H groups in total. The van der Waals surface area contributed by atoms with Crippen LogP contribution in [0.1, 0.15) is 25.0 Å². The normalized spacial score (nSPS) is 15.9. The summed E-state index contributed by atoms with van der Waals surface area (Å²) in [6, 6.07) is 7.66. The van der Waals surface area contributed by atoms with Crippen LogP contribution in [0, 0.1) is 5.21 Å². The van der Waals surface area contributed by atoms with Crippen LogP contribution in [-0.4, -0.2) is 22.6 Å². The van der Waals surface area contributed by atoms with Crippen LogP contribution in [0.2, 0.25) is 0 Å². The lowest BCUT2D eigenvalue weighted by molar-refractivity contribution is -0.433. The fourth-order valence-corrected chi connectivity index (χ4v) is 1.73. The van der Waals surface area contributed by atoms with Gasteiger partial charge in [0.2, 0.25) is 0 Å². The molecule has 84 valence electrons. The monoisotopic (exact) mass is 217 g/mol. The van der Waals surface area contributed by atoms with Gasteiger partial charge in [0.05, 0.1) is 5.60 Å². The average molecular weight is 217 g/mol. The van der Waals surface area contributed by atoms with E-state index < -0.39 is 5.60 Å². The molecule has 0 saturated heterocycles. The maximum Gasteiger partial charge on any atom is 0.179 e. The third kappa shape index (κ3) is 2.14. The highest BCUT2D eigenvalue weighted by molar-refractivity contribution is 5.85. The SMILES string of the molecule is CC(C)(O)c1ccc(C2=CC=[N+]([O-])C2)cc1. The van der Waals surface area contributed by atoms with Gasteiger partial charge in [-0.2, -0.15) is 0 Å². The summed E-state index contributed by atoms with van der Waals surface area (Å²) in [5.41, 5.74) is 2.09. The van der Waals surface area contributed by atoms with Gasteiger partial charge in [-0.3, -0.25) is 0 Å². The summed E-state index contributed by atoms with van der Waals surface area (Å²) >= 11 is 0. The second kappa shape index (κ2) is 3.76. The maximum absolute atomic E-state index is 11.0. The minimum absolute atomic E-state index is 0.405. The quantitative estimate of drug-likeness (QED) is 0.607. The van der Waals surface area contributed by atoms with E-state index in [1.54, 1.807) is 13.8 Å². The molecule has 0 spiro atoms. The minimum atomic E-state index is -0.820. The number of rotatable bonds is 2. The highest BCUT2D eigenvalue weighted by Gasteiger charge is 2.17. The molecule has 0 saturated carbocycles. The van der Waals surface area contributed by atoms with E-state index in [-0.39, 0.29) is 0 Å². The molecule has 0 fully saturated rings. The summed E-state index contributed by atoms with van der Waals surface area (Å²) < 4.78 is 0.902. The Morgan fingerprint density at radius 3 is 2.31 bits per heavy atom. The van der Waals surface area contributed by atoms with Crippen molar-refractivity contribution in [2.75, 3.05) is 6.54 Å². The molecule has 0 radical (unpaired) electrons. The fourth-order valence-electron chi connectivity index (χ4n) is 1.73. The second-order valence-corrected chi connectivity index (χ2v) is 4.55. The number of hydrogen-bond donors (Lipinski definition) is 1. The molecule has 0 amide bonds. The summed E-state index contributed by atoms with van der Waals surface area (Å²) in [7, 11) is 0. The molecular formula is C13H15NO2. The Kier molecular flexibility index (Phi) is 2.56. The molecule has 3 nitrogen and oxygen atoms in total. The largest absolute Gasteiger partial charge is 0.624 e. The maximum atomic E-state index is 11.0. The zero-order valence-electron chi connectivity index (χ0n) is 9.47. The Bertz CT molecular complexity index is 450. The number of benzene rings is 1. The Morgan fingerprint density at radius 1 is 1.25 bits per heavy atom. The van der Waals surface area contributed by atoms with E-state index in [0.29, 0.717) is 6.54 Å². The van der Waals surface area contributed by atoms with Crippen molar-refractivity contribution >= 4 is 11.8 Å². The van der Waals surface area contributed by atoms with E-state index >= 15 is 0 Å². The molecule has 0 atom stereocenters. The molecule has 1 heterocycles. The van der Waals surface area contributed by atoms with Gasteiger partial charge in [0.25, 0.3) is 0 Å². The van der Waals surface area contributed by atoms with Crippen molar-refractivity contribution in [1.82, 2.24) is 0 Å². The molecule has 1 aliphatic heterocycles. The lowest BCUT2D eigenvalue weighted by Crippen LogP contribution is -2.15. The predicted molar refractivity (Wildman–Crippen MR) is 64.2 cm³/mol. The van der Waals surface area contributed by atoms with Crippen molar-refractivity contribution in [2.45, 2.75) is 19.4 Å². The van der Waals surface area contributed by atoms with Crippen LogP contribution in [0.5, 0.6) is 0 Å². The molecule has 2 rings (SSSR count). The first-order valence-corrected chi connectivity index (χ1v) is 5.28. The topological polar surface area (TPSA) is 46.3 Å². The molecule has 0 unspecified atom stereocenters. The molecule has 0 aromatic heterocycles. The van der Waals surface area contributed by atoms with E-state index in [1.807, 2.05) is 30.3 Å². The zero-order chi connectivity index (χ0) is 11.8. The fraction of sp³-hybridized carbons (Fsp3) is 0.308. The van der Waals surface area contributed by atoms with E-state index in [4.69, 9.17) is 0 Å². The van der Waals surface area contributed by atoms with E-state index in [0.717, 1.165) is 21.4 Å². The summed E-state index contributed by atoms with van der Waals surface area (Å²) in [4.78, 5) is 0. The standard InChI is InChI=1S/C13H15NO2/c1-13(2,15)12-5-3-10(4-6-12)11-7-8-14(16)9-11/h3-8,15H,9H2,1-2H3. The van der Waals surface area contributed by atoms with Gasteiger partial charge < -0.3 is 10.3 Å².